The highest BCUT2D eigenvalue weighted by Gasteiger charge is 2.35. The maximum Gasteiger partial charge on any atom is 0.327 e. The molecule has 3 N–H and O–H groups in total. The normalized spacial score (nSPS) is 19.8. The zero-order chi connectivity index (χ0) is 16.0. The number of carbonyl (C=O) groups excluding carboxylic acids is 1. The van der Waals surface area contributed by atoms with Gasteiger partial charge in [-0.05, 0) is 33.2 Å². The highest BCUT2D eigenvalue weighted by atomic mass is 32.1. The lowest BCUT2D eigenvalue weighted by Crippen LogP contribution is -2.56. The Morgan fingerprint density at radius 2 is 1.86 bits per heavy atom. The van der Waals surface area contributed by atoms with Crippen LogP contribution in [0.15, 0.2) is 0 Å². The Kier molecular flexibility index (Phi) is 7.00. The van der Waals surface area contributed by atoms with Gasteiger partial charge in [0.2, 0.25) is 5.91 Å². The standard InChI is InChI=1S/C15H28N2O3S/c1-15(2,21)12(14(19)20)17-13(18)11(16-3)9-10-7-5-4-6-8-10/h10-12,16,21H,4-9H2,1-3H3,(H,17,18)(H,19,20)/t11-,12+/m1/s1. The molecule has 1 aliphatic carbocycles. The number of carbonyl (C=O) groups is 2. The lowest BCUT2D eigenvalue weighted by Gasteiger charge is -2.30. The van der Waals surface area contributed by atoms with E-state index in [0.717, 1.165) is 19.3 Å². The molecule has 0 spiro atoms. The molecule has 1 aliphatic rings. The van der Waals surface area contributed by atoms with E-state index in [9.17, 15) is 14.7 Å². The monoisotopic (exact) mass is 316 g/mol. The van der Waals surface area contributed by atoms with E-state index in [1.807, 2.05) is 0 Å². The number of thiol groups is 1. The zero-order valence-electron chi connectivity index (χ0n) is 13.2. The van der Waals surface area contributed by atoms with E-state index >= 15 is 0 Å². The van der Waals surface area contributed by atoms with Crippen LogP contribution in [0.4, 0.5) is 0 Å². The fourth-order valence-corrected chi connectivity index (χ4v) is 3.07. The van der Waals surface area contributed by atoms with Crippen molar-refractivity contribution in [3.05, 3.63) is 0 Å². The summed E-state index contributed by atoms with van der Waals surface area (Å²) in [6.45, 7) is 3.37. The third-order valence-corrected chi connectivity index (χ3v) is 4.46. The van der Waals surface area contributed by atoms with Crippen molar-refractivity contribution in [2.75, 3.05) is 7.05 Å². The molecule has 1 saturated carbocycles. The Morgan fingerprint density at radius 1 is 1.29 bits per heavy atom. The van der Waals surface area contributed by atoms with Gasteiger partial charge >= 0.3 is 5.97 Å². The molecule has 2 atom stereocenters. The second kappa shape index (κ2) is 8.03. The molecule has 6 heteroatoms. The van der Waals surface area contributed by atoms with Crippen molar-refractivity contribution in [3.8, 4) is 0 Å². The van der Waals surface area contributed by atoms with Crippen LogP contribution in [-0.4, -0.2) is 40.9 Å². The predicted octanol–water partition coefficient (Wildman–Crippen LogP) is 1.82. The first-order valence-corrected chi connectivity index (χ1v) is 8.13. The third kappa shape index (κ3) is 5.87. The molecule has 0 aromatic rings. The highest BCUT2D eigenvalue weighted by Crippen LogP contribution is 2.27. The minimum atomic E-state index is -1.06. The summed E-state index contributed by atoms with van der Waals surface area (Å²) in [5.74, 6) is -0.761. The van der Waals surface area contributed by atoms with Crippen molar-refractivity contribution in [2.24, 2.45) is 5.92 Å². The Balaban J connectivity index is 2.62. The van der Waals surface area contributed by atoms with Crippen LogP contribution in [0.2, 0.25) is 0 Å². The number of rotatable bonds is 7. The van der Waals surface area contributed by atoms with Gasteiger partial charge in [0.1, 0.15) is 6.04 Å². The largest absolute Gasteiger partial charge is 0.480 e. The number of amides is 1. The molecule has 0 bridgehead atoms. The summed E-state index contributed by atoms with van der Waals surface area (Å²) in [6, 6.07) is -1.35. The van der Waals surface area contributed by atoms with Crippen LogP contribution in [0, 0.1) is 5.92 Å². The Morgan fingerprint density at radius 3 is 2.29 bits per heavy atom. The molecule has 0 unspecified atom stereocenters. The number of aliphatic carboxylic acids is 1. The average molecular weight is 316 g/mol. The smallest absolute Gasteiger partial charge is 0.327 e. The summed E-state index contributed by atoms with van der Waals surface area (Å²) in [6.07, 6.45) is 6.82. The van der Waals surface area contributed by atoms with E-state index < -0.39 is 16.8 Å². The van der Waals surface area contributed by atoms with E-state index in [-0.39, 0.29) is 11.9 Å². The number of hydrogen-bond donors (Lipinski definition) is 4. The molecule has 5 nitrogen and oxygen atoms in total. The van der Waals surface area contributed by atoms with Gasteiger partial charge in [-0.2, -0.15) is 12.6 Å². The minimum absolute atomic E-state index is 0.252. The summed E-state index contributed by atoms with van der Waals surface area (Å²) in [4.78, 5) is 23.6. The van der Waals surface area contributed by atoms with Crippen LogP contribution in [-0.2, 0) is 9.59 Å². The average Bonchev–Trinajstić information content (AvgIpc) is 2.41. The van der Waals surface area contributed by atoms with Gasteiger partial charge in [0.15, 0.2) is 0 Å². The first-order chi connectivity index (χ1) is 9.75. The van der Waals surface area contributed by atoms with Crippen LogP contribution in [0.1, 0.15) is 52.4 Å². The van der Waals surface area contributed by atoms with Crippen molar-refractivity contribution in [1.82, 2.24) is 10.6 Å². The van der Waals surface area contributed by atoms with Crippen molar-refractivity contribution in [3.63, 3.8) is 0 Å². The van der Waals surface area contributed by atoms with Crippen molar-refractivity contribution in [2.45, 2.75) is 69.2 Å². The predicted molar refractivity (Wildman–Crippen MR) is 86.7 cm³/mol. The van der Waals surface area contributed by atoms with Gasteiger partial charge in [-0.1, -0.05) is 32.1 Å². The number of hydrogen-bond acceptors (Lipinski definition) is 4. The first kappa shape index (κ1) is 18.3. The summed E-state index contributed by atoms with van der Waals surface area (Å²) in [5, 5.41) is 14.9. The summed E-state index contributed by atoms with van der Waals surface area (Å²) >= 11 is 4.28. The van der Waals surface area contributed by atoms with E-state index in [1.165, 1.54) is 19.3 Å². The molecule has 1 rings (SSSR count). The maximum absolute atomic E-state index is 12.3. The maximum atomic E-state index is 12.3. The van der Waals surface area contributed by atoms with E-state index in [0.29, 0.717) is 5.92 Å². The van der Waals surface area contributed by atoms with Crippen molar-refractivity contribution < 1.29 is 14.7 Å². The van der Waals surface area contributed by atoms with Gasteiger partial charge in [-0.25, -0.2) is 4.79 Å². The number of carboxylic acids is 1. The molecule has 1 amide bonds. The quantitative estimate of drug-likeness (QED) is 0.540. The topological polar surface area (TPSA) is 78.4 Å². The lowest BCUT2D eigenvalue weighted by molar-refractivity contribution is -0.142. The van der Waals surface area contributed by atoms with Crippen molar-refractivity contribution in [1.29, 1.82) is 0 Å². The fourth-order valence-electron chi connectivity index (χ4n) is 2.90. The van der Waals surface area contributed by atoms with Gasteiger partial charge < -0.3 is 15.7 Å². The lowest BCUT2D eigenvalue weighted by atomic mass is 9.84. The molecule has 122 valence electrons. The first-order valence-electron chi connectivity index (χ1n) is 7.68. The van der Waals surface area contributed by atoms with Gasteiger partial charge in [0.05, 0.1) is 6.04 Å². The van der Waals surface area contributed by atoms with E-state index in [2.05, 4.69) is 23.3 Å². The zero-order valence-corrected chi connectivity index (χ0v) is 14.1. The van der Waals surface area contributed by atoms with Crippen LogP contribution in [0.25, 0.3) is 0 Å². The van der Waals surface area contributed by atoms with Gasteiger partial charge in [0.25, 0.3) is 0 Å². The second-order valence-corrected chi connectivity index (χ2v) is 7.67. The third-order valence-electron chi connectivity index (χ3n) is 4.20. The van der Waals surface area contributed by atoms with Crippen LogP contribution in [0.5, 0.6) is 0 Å². The fraction of sp³-hybridized carbons (Fsp3) is 0.867. The molecule has 0 heterocycles. The van der Waals surface area contributed by atoms with Gasteiger partial charge in [-0.15, -0.1) is 0 Å². The van der Waals surface area contributed by atoms with Crippen LogP contribution < -0.4 is 10.6 Å². The Labute approximate surface area is 132 Å². The second-order valence-electron chi connectivity index (χ2n) is 6.51. The SMILES string of the molecule is CN[C@H](CC1CCCCC1)C(=O)N[C@@H](C(=O)O)C(C)(C)S. The molecular weight excluding hydrogens is 288 g/mol. The van der Waals surface area contributed by atoms with E-state index in [1.54, 1.807) is 20.9 Å². The van der Waals surface area contributed by atoms with Gasteiger partial charge in [-0.3, -0.25) is 4.79 Å². The molecule has 0 aliphatic heterocycles. The molecule has 0 aromatic carbocycles. The number of nitrogens with one attached hydrogen (secondary N) is 2. The van der Waals surface area contributed by atoms with Crippen LogP contribution >= 0.6 is 12.6 Å². The molecule has 0 aromatic heterocycles. The molecular formula is C15H28N2O3S. The molecule has 0 radical (unpaired) electrons. The molecule has 21 heavy (non-hydrogen) atoms. The minimum Gasteiger partial charge on any atom is -0.480 e. The van der Waals surface area contributed by atoms with Crippen molar-refractivity contribution >= 4 is 24.5 Å². The highest BCUT2D eigenvalue weighted by molar-refractivity contribution is 7.81. The summed E-state index contributed by atoms with van der Waals surface area (Å²) < 4.78 is -0.815. The van der Waals surface area contributed by atoms with Crippen LogP contribution in [0.3, 0.4) is 0 Å². The summed E-state index contributed by atoms with van der Waals surface area (Å²) in [7, 11) is 1.74. The number of carboxylic acid groups (broad SMARTS) is 1. The Bertz CT molecular complexity index is 362. The Hall–Kier alpha value is -0.750. The molecule has 0 saturated heterocycles. The summed E-state index contributed by atoms with van der Waals surface area (Å²) in [5.41, 5.74) is 0. The number of likely N-dealkylation sites (N-methyl/N-ethyl adjacent to an activating group) is 1. The van der Waals surface area contributed by atoms with E-state index in [4.69, 9.17) is 0 Å². The molecule has 1 fully saturated rings. The van der Waals surface area contributed by atoms with Gasteiger partial charge in [0, 0.05) is 4.75 Å².